The number of anilines is 1. The SMILES string of the molecule is C(=Nc1ccc(N2CCOCC2)cc1)c1ccc(OCc2ccccc2)cc1. The van der Waals surface area contributed by atoms with Crippen molar-refractivity contribution in [3.05, 3.63) is 90.0 Å². The van der Waals surface area contributed by atoms with Crippen LogP contribution in [0.15, 0.2) is 83.9 Å². The van der Waals surface area contributed by atoms with Crippen LogP contribution in [-0.4, -0.2) is 32.5 Å². The number of morpholine rings is 1. The highest BCUT2D eigenvalue weighted by molar-refractivity contribution is 5.82. The lowest BCUT2D eigenvalue weighted by Crippen LogP contribution is -2.36. The molecule has 0 aliphatic carbocycles. The first-order valence-corrected chi connectivity index (χ1v) is 9.60. The summed E-state index contributed by atoms with van der Waals surface area (Å²) in [5, 5.41) is 0. The number of ether oxygens (including phenoxy) is 2. The van der Waals surface area contributed by atoms with Crippen LogP contribution in [0.25, 0.3) is 0 Å². The molecule has 1 aliphatic heterocycles. The minimum atomic E-state index is 0.573. The zero-order valence-electron chi connectivity index (χ0n) is 15.8. The minimum Gasteiger partial charge on any atom is -0.489 e. The third-order valence-corrected chi connectivity index (χ3v) is 4.72. The normalized spacial score (nSPS) is 14.4. The Morgan fingerprint density at radius 3 is 2.29 bits per heavy atom. The summed E-state index contributed by atoms with van der Waals surface area (Å²) in [4.78, 5) is 6.92. The second kappa shape index (κ2) is 9.20. The Balaban J connectivity index is 1.32. The molecule has 0 radical (unpaired) electrons. The van der Waals surface area contributed by atoms with E-state index in [1.165, 1.54) is 5.69 Å². The Kier molecular flexibility index (Phi) is 6.00. The number of benzene rings is 3. The van der Waals surface area contributed by atoms with E-state index in [2.05, 4.69) is 46.3 Å². The third-order valence-electron chi connectivity index (χ3n) is 4.72. The largest absolute Gasteiger partial charge is 0.489 e. The van der Waals surface area contributed by atoms with Gasteiger partial charge in [0.2, 0.25) is 0 Å². The van der Waals surface area contributed by atoms with Gasteiger partial charge in [-0.2, -0.15) is 0 Å². The Bertz CT molecular complexity index is 884. The summed E-state index contributed by atoms with van der Waals surface area (Å²) in [6.45, 7) is 4.06. The van der Waals surface area contributed by atoms with Gasteiger partial charge in [0.05, 0.1) is 18.9 Å². The second-order valence-electron chi connectivity index (χ2n) is 6.72. The molecule has 0 amide bonds. The van der Waals surface area contributed by atoms with Crippen molar-refractivity contribution in [3.8, 4) is 5.75 Å². The molecule has 0 unspecified atom stereocenters. The molecule has 1 heterocycles. The van der Waals surface area contributed by atoms with E-state index in [0.717, 1.165) is 48.9 Å². The summed E-state index contributed by atoms with van der Waals surface area (Å²) >= 11 is 0. The first-order chi connectivity index (χ1) is 13.9. The fourth-order valence-electron chi connectivity index (χ4n) is 3.11. The smallest absolute Gasteiger partial charge is 0.119 e. The van der Waals surface area contributed by atoms with Crippen molar-refractivity contribution in [1.29, 1.82) is 0 Å². The van der Waals surface area contributed by atoms with Crippen molar-refractivity contribution in [2.75, 3.05) is 31.2 Å². The highest BCUT2D eigenvalue weighted by Crippen LogP contribution is 2.21. The van der Waals surface area contributed by atoms with Crippen molar-refractivity contribution < 1.29 is 9.47 Å². The van der Waals surface area contributed by atoms with Crippen molar-refractivity contribution >= 4 is 17.6 Å². The molecule has 0 bridgehead atoms. The van der Waals surface area contributed by atoms with Gasteiger partial charge in [0.25, 0.3) is 0 Å². The Labute approximate surface area is 166 Å². The van der Waals surface area contributed by atoms with Gasteiger partial charge in [0.15, 0.2) is 0 Å². The van der Waals surface area contributed by atoms with Crippen LogP contribution in [0.5, 0.6) is 5.75 Å². The van der Waals surface area contributed by atoms with Gasteiger partial charge < -0.3 is 14.4 Å². The molecule has 3 aromatic carbocycles. The number of nitrogens with zero attached hydrogens (tertiary/aromatic N) is 2. The van der Waals surface area contributed by atoms with Gasteiger partial charge in [0, 0.05) is 25.0 Å². The topological polar surface area (TPSA) is 34.1 Å². The van der Waals surface area contributed by atoms with Gasteiger partial charge in [-0.3, -0.25) is 4.99 Å². The molecular formula is C24H24N2O2. The number of aliphatic imine (C=N–C) groups is 1. The lowest BCUT2D eigenvalue weighted by atomic mass is 10.2. The van der Waals surface area contributed by atoms with E-state index in [9.17, 15) is 0 Å². The van der Waals surface area contributed by atoms with E-state index in [4.69, 9.17) is 9.47 Å². The fourth-order valence-corrected chi connectivity index (χ4v) is 3.11. The van der Waals surface area contributed by atoms with E-state index in [0.29, 0.717) is 6.61 Å². The molecule has 142 valence electrons. The first-order valence-electron chi connectivity index (χ1n) is 9.60. The molecule has 1 saturated heterocycles. The molecule has 4 nitrogen and oxygen atoms in total. The molecule has 0 spiro atoms. The molecule has 3 aromatic rings. The molecule has 1 aliphatic rings. The third kappa shape index (κ3) is 4.99. The summed E-state index contributed by atoms with van der Waals surface area (Å²) in [6, 6.07) is 26.5. The van der Waals surface area contributed by atoms with Crippen LogP contribution in [0.1, 0.15) is 11.1 Å². The van der Waals surface area contributed by atoms with Gasteiger partial charge in [-0.25, -0.2) is 0 Å². The molecule has 0 aromatic heterocycles. The summed E-state index contributed by atoms with van der Waals surface area (Å²) in [6.07, 6.45) is 1.88. The van der Waals surface area contributed by atoms with Crippen LogP contribution in [0.2, 0.25) is 0 Å². The summed E-state index contributed by atoms with van der Waals surface area (Å²) in [7, 11) is 0. The van der Waals surface area contributed by atoms with Crippen LogP contribution in [0.4, 0.5) is 11.4 Å². The van der Waals surface area contributed by atoms with Crippen LogP contribution >= 0.6 is 0 Å². The number of rotatable bonds is 6. The molecule has 4 rings (SSSR count). The first kappa shape index (κ1) is 18.3. The maximum absolute atomic E-state index is 5.82. The predicted molar refractivity (Wildman–Crippen MR) is 114 cm³/mol. The quantitative estimate of drug-likeness (QED) is 0.580. The van der Waals surface area contributed by atoms with E-state index in [1.54, 1.807) is 0 Å². The van der Waals surface area contributed by atoms with Crippen LogP contribution in [0.3, 0.4) is 0 Å². The Morgan fingerprint density at radius 1 is 0.857 bits per heavy atom. The second-order valence-corrected chi connectivity index (χ2v) is 6.72. The van der Waals surface area contributed by atoms with Crippen molar-refractivity contribution in [3.63, 3.8) is 0 Å². The van der Waals surface area contributed by atoms with Gasteiger partial charge >= 0.3 is 0 Å². The van der Waals surface area contributed by atoms with Gasteiger partial charge in [-0.1, -0.05) is 30.3 Å². The molecule has 1 fully saturated rings. The summed E-state index contributed by atoms with van der Waals surface area (Å²) in [5.41, 5.74) is 4.38. The van der Waals surface area contributed by atoms with Gasteiger partial charge in [0.1, 0.15) is 12.4 Å². The number of hydrogen-bond donors (Lipinski definition) is 0. The molecule has 0 atom stereocenters. The Morgan fingerprint density at radius 2 is 1.57 bits per heavy atom. The molecular weight excluding hydrogens is 348 g/mol. The minimum absolute atomic E-state index is 0.573. The molecule has 28 heavy (non-hydrogen) atoms. The Hall–Kier alpha value is -3.11. The van der Waals surface area contributed by atoms with Crippen LogP contribution < -0.4 is 9.64 Å². The van der Waals surface area contributed by atoms with Crippen molar-refractivity contribution in [2.45, 2.75) is 6.61 Å². The fraction of sp³-hybridized carbons (Fsp3) is 0.208. The lowest BCUT2D eigenvalue weighted by Gasteiger charge is -2.28. The zero-order valence-corrected chi connectivity index (χ0v) is 15.8. The maximum atomic E-state index is 5.82. The summed E-state index contributed by atoms with van der Waals surface area (Å²) < 4.78 is 11.2. The highest BCUT2D eigenvalue weighted by atomic mass is 16.5. The highest BCUT2D eigenvalue weighted by Gasteiger charge is 2.10. The zero-order chi connectivity index (χ0) is 19.0. The lowest BCUT2D eigenvalue weighted by molar-refractivity contribution is 0.122. The van der Waals surface area contributed by atoms with Crippen LogP contribution in [-0.2, 0) is 11.3 Å². The number of hydrogen-bond acceptors (Lipinski definition) is 4. The van der Waals surface area contributed by atoms with Crippen LogP contribution in [0, 0.1) is 0 Å². The predicted octanol–water partition coefficient (Wildman–Crippen LogP) is 4.85. The average Bonchev–Trinajstić information content (AvgIpc) is 2.79. The maximum Gasteiger partial charge on any atom is 0.119 e. The standard InChI is InChI=1S/C24H24N2O2/c1-2-4-21(5-3-1)19-28-24-12-6-20(7-13-24)18-25-22-8-10-23(11-9-22)26-14-16-27-17-15-26/h1-13,18H,14-17,19H2. The van der Waals surface area contributed by atoms with E-state index < -0.39 is 0 Å². The molecule has 0 saturated carbocycles. The average molecular weight is 372 g/mol. The van der Waals surface area contributed by atoms with E-state index in [1.807, 2.05) is 48.7 Å². The molecule has 4 heteroatoms. The molecule has 0 N–H and O–H groups in total. The van der Waals surface area contributed by atoms with Crippen molar-refractivity contribution in [1.82, 2.24) is 0 Å². The monoisotopic (exact) mass is 372 g/mol. The van der Waals surface area contributed by atoms with Gasteiger partial charge in [-0.05, 0) is 59.7 Å². The van der Waals surface area contributed by atoms with E-state index in [-0.39, 0.29) is 0 Å². The van der Waals surface area contributed by atoms with E-state index >= 15 is 0 Å². The summed E-state index contributed by atoms with van der Waals surface area (Å²) in [5.74, 6) is 0.857. The van der Waals surface area contributed by atoms with Gasteiger partial charge in [-0.15, -0.1) is 0 Å². The van der Waals surface area contributed by atoms with Crippen molar-refractivity contribution in [2.24, 2.45) is 4.99 Å².